The molecule has 0 amide bonds. The molecule has 2 N–H and O–H groups in total. The summed E-state index contributed by atoms with van der Waals surface area (Å²) < 4.78 is 40.9. The van der Waals surface area contributed by atoms with Gasteiger partial charge in [-0.3, -0.25) is 4.68 Å². The Labute approximate surface area is 200 Å². The van der Waals surface area contributed by atoms with Gasteiger partial charge in [0.15, 0.2) is 11.6 Å². The molecule has 0 saturated heterocycles. The maximum atomic E-state index is 13.9. The van der Waals surface area contributed by atoms with Crippen LogP contribution in [0.5, 0.6) is 5.75 Å². The van der Waals surface area contributed by atoms with E-state index in [9.17, 15) is 8.78 Å². The second kappa shape index (κ2) is 9.83. The summed E-state index contributed by atoms with van der Waals surface area (Å²) in [7, 11) is 1.72. The maximum absolute atomic E-state index is 13.9. The molecule has 1 aliphatic carbocycles. The lowest BCUT2D eigenvalue weighted by molar-refractivity contribution is 0.117. The van der Waals surface area contributed by atoms with Gasteiger partial charge in [-0.25, -0.2) is 13.8 Å². The number of nitrogens with zero attached hydrogens (tertiary/aromatic N) is 3. The van der Waals surface area contributed by atoms with Gasteiger partial charge in [-0.05, 0) is 38.2 Å². The van der Waals surface area contributed by atoms with Gasteiger partial charge in [-0.15, -0.1) is 0 Å². The second-order valence-electron chi connectivity index (χ2n) is 8.23. The molecule has 10 heteroatoms. The zero-order chi connectivity index (χ0) is 23.7. The Kier molecular flexibility index (Phi) is 7.07. The fraction of sp³-hybridized carbons (Fsp3) is 0.391. The first kappa shape index (κ1) is 23.7. The lowest BCUT2D eigenvalue weighted by Crippen LogP contribution is -2.27. The molecule has 1 aliphatic rings. The highest BCUT2D eigenvalue weighted by molar-refractivity contribution is 6.36. The Balaban J connectivity index is 1.51. The molecule has 2 heterocycles. The van der Waals surface area contributed by atoms with Crippen molar-refractivity contribution in [1.29, 1.82) is 0 Å². The van der Waals surface area contributed by atoms with Gasteiger partial charge in [0.2, 0.25) is 0 Å². The molecule has 6 nitrogen and oxygen atoms in total. The first-order valence-corrected chi connectivity index (χ1v) is 11.3. The highest BCUT2D eigenvalue weighted by atomic mass is 35.5. The van der Waals surface area contributed by atoms with Crippen molar-refractivity contribution >= 4 is 29.0 Å². The minimum atomic E-state index is -0.920. The molecule has 2 aromatic heterocycles. The third-order valence-electron chi connectivity index (χ3n) is 5.99. The summed E-state index contributed by atoms with van der Waals surface area (Å²) in [6.45, 7) is 2.35. The van der Waals surface area contributed by atoms with Crippen LogP contribution < -0.4 is 10.5 Å². The summed E-state index contributed by atoms with van der Waals surface area (Å²) in [5.74, 6) is -0.808. The summed E-state index contributed by atoms with van der Waals surface area (Å²) in [4.78, 5) is 4.20. The van der Waals surface area contributed by atoms with E-state index >= 15 is 0 Å². The van der Waals surface area contributed by atoms with E-state index in [2.05, 4.69) is 10.1 Å². The standard InChI is InChI=1S/C23H24Cl2F2N4O2/c1-12(20-21(24)17(26)8-18(27)22(20)25)33-19-7-14(9-29-23(19)28)15-10-30-31(11-15)16-5-13(6-16)3-4-32-2/h7-13,16H,3-6H2,1-2H3,(H2,28,29). The molecule has 0 bridgehead atoms. The molecule has 1 saturated carbocycles. The van der Waals surface area contributed by atoms with E-state index in [1.807, 2.05) is 10.9 Å². The zero-order valence-corrected chi connectivity index (χ0v) is 19.7. The van der Waals surface area contributed by atoms with E-state index in [4.69, 9.17) is 38.4 Å². The van der Waals surface area contributed by atoms with Crippen molar-refractivity contribution < 1.29 is 18.3 Å². The number of pyridine rings is 1. The van der Waals surface area contributed by atoms with Gasteiger partial charge in [-0.1, -0.05) is 23.2 Å². The van der Waals surface area contributed by atoms with Crippen molar-refractivity contribution in [3.63, 3.8) is 0 Å². The largest absolute Gasteiger partial charge is 0.482 e. The van der Waals surface area contributed by atoms with Crippen LogP contribution in [0.25, 0.3) is 11.1 Å². The number of benzene rings is 1. The quantitative estimate of drug-likeness (QED) is 0.373. The third-order valence-corrected chi connectivity index (χ3v) is 6.76. The van der Waals surface area contributed by atoms with Crippen molar-refractivity contribution in [1.82, 2.24) is 14.8 Å². The van der Waals surface area contributed by atoms with Crippen molar-refractivity contribution in [2.24, 2.45) is 5.92 Å². The number of methoxy groups -OCH3 is 1. The predicted octanol–water partition coefficient (Wildman–Crippen LogP) is 6.24. The molecule has 1 unspecified atom stereocenters. The highest BCUT2D eigenvalue weighted by Gasteiger charge is 2.30. The van der Waals surface area contributed by atoms with Gasteiger partial charge in [0.25, 0.3) is 0 Å². The van der Waals surface area contributed by atoms with E-state index in [0.29, 0.717) is 18.0 Å². The first-order valence-electron chi connectivity index (χ1n) is 10.6. The summed E-state index contributed by atoms with van der Waals surface area (Å²) in [6, 6.07) is 2.71. The number of hydrogen-bond donors (Lipinski definition) is 1. The van der Waals surface area contributed by atoms with Gasteiger partial charge in [0.1, 0.15) is 17.7 Å². The highest BCUT2D eigenvalue weighted by Crippen LogP contribution is 2.41. The minimum absolute atomic E-state index is 0.00136. The fourth-order valence-electron chi connectivity index (χ4n) is 4.03. The summed E-state index contributed by atoms with van der Waals surface area (Å²) in [6.07, 6.45) is 7.68. The van der Waals surface area contributed by atoms with Crippen molar-refractivity contribution in [2.75, 3.05) is 19.5 Å². The number of ether oxygens (including phenoxy) is 2. The second-order valence-corrected chi connectivity index (χ2v) is 8.99. The van der Waals surface area contributed by atoms with Gasteiger partial charge in [0, 0.05) is 48.9 Å². The Bertz CT molecular complexity index is 1130. The Morgan fingerprint density at radius 2 is 1.85 bits per heavy atom. The molecule has 0 radical (unpaired) electrons. The Morgan fingerprint density at radius 3 is 2.52 bits per heavy atom. The van der Waals surface area contributed by atoms with Crippen LogP contribution in [0.15, 0.2) is 30.7 Å². The average Bonchev–Trinajstić information content (AvgIpc) is 3.23. The molecular weight excluding hydrogens is 473 g/mol. The number of nitrogens with two attached hydrogens (primary N) is 1. The summed E-state index contributed by atoms with van der Waals surface area (Å²) >= 11 is 12.0. The SMILES string of the molecule is COCCC1CC(n2cc(-c3cnc(N)c(OC(C)c4c(Cl)c(F)cc(F)c4Cl)c3)cn2)C1. The van der Waals surface area contributed by atoms with Crippen molar-refractivity contribution in [3.05, 3.63) is 58.0 Å². The lowest BCUT2D eigenvalue weighted by atomic mass is 9.78. The first-order chi connectivity index (χ1) is 15.8. The fourth-order valence-corrected chi connectivity index (χ4v) is 4.68. The van der Waals surface area contributed by atoms with E-state index < -0.39 is 17.7 Å². The number of aromatic nitrogens is 3. The number of rotatable bonds is 8. The molecule has 0 aliphatic heterocycles. The number of nitrogen functional groups attached to an aromatic ring is 1. The molecule has 1 atom stereocenters. The van der Waals surface area contributed by atoms with Crippen LogP contribution in [0.3, 0.4) is 0 Å². The molecule has 1 aromatic carbocycles. The average molecular weight is 497 g/mol. The number of anilines is 1. The molecule has 176 valence electrons. The van der Waals surface area contributed by atoms with Gasteiger partial charge >= 0.3 is 0 Å². The van der Waals surface area contributed by atoms with Crippen LogP contribution >= 0.6 is 23.2 Å². The normalized spacial score (nSPS) is 18.7. The molecular formula is C23H24Cl2F2N4O2. The minimum Gasteiger partial charge on any atom is -0.482 e. The van der Waals surface area contributed by atoms with Gasteiger partial charge in [0.05, 0.1) is 22.3 Å². The maximum Gasteiger partial charge on any atom is 0.166 e. The number of halogens is 4. The summed E-state index contributed by atoms with van der Waals surface area (Å²) in [5.41, 5.74) is 7.59. The predicted molar refractivity (Wildman–Crippen MR) is 124 cm³/mol. The van der Waals surface area contributed by atoms with Crippen LogP contribution in [0.1, 0.15) is 43.9 Å². The number of hydrogen-bond acceptors (Lipinski definition) is 5. The van der Waals surface area contributed by atoms with E-state index in [-0.39, 0.29) is 27.2 Å². The third kappa shape index (κ3) is 4.93. The molecule has 0 spiro atoms. The molecule has 4 rings (SSSR count). The van der Waals surface area contributed by atoms with Gasteiger partial charge < -0.3 is 15.2 Å². The van der Waals surface area contributed by atoms with Crippen molar-refractivity contribution in [3.8, 4) is 16.9 Å². The van der Waals surface area contributed by atoms with Gasteiger partial charge in [-0.2, -0.15) is 5.10 Å². The zero-order valence-electron chi connectivity index (χ0n) is 18.2. The monoisotopic (exact) mass is 496 g/mol. The van der Waals surface area contributed by atoms with Crippen molar-refractivity contribution in [2.45, 2.75) is 38.3 Å². The van der Waals surface area contributed by atoms with Crippen LogP contribution in [-0.4, -0.2) is 28.5 Å². The molecule has 3 aromatic rings. The van der Waals surface area contributed by atoms with E-state index in [1.165, 1.54) is 0 Å². The van der Waals surface area contributed by atoms with Crippen LogP contribution in [-0.2, 0) is 4.74 Å². The van der Waals surface area contributed by atoms with Crippen LogP contribution in [0.2, 0.25) is 10.0 Å². The smallest absolute Gasteiger partial charge is 0.166 e. The van der Waals surface area contributed by atoms with E-state index in [1.54, 1.807) is 32.5 Å². The van der Waals surface area contributed by atoms with Crippen LogP contribution in [0.4, 0.5) is 14.6 Å². The topological polar surface area (TPSA) is 75.2 Å². The Hall–Kier alpha value is -2.42. The molecule has 1 fully saturated rings. The van der Waals surface area contributed by atoms with E-state index in [0.717, 1.165) is 37.0 Å². The Morgan fingerprint density at radius 1 is 1.15 bits per heavy atom. The lowest BCUT2D eigenvalue weighted by Gasteiger charge is -2.35. The summed E-state index contributed by atoms with van der Waals surface area (Å²) in [5, 5.41) is 3.89. The molecule has 33 heavy (non-hydrogen) atoms. The van der Waals surface area contributed by atoms with Crippen LogP contribution in [0, 0.1) is 17.6 Å².